The molecule has 0 heterocycles. The van der Waals surface area contributed by atoms with Crippen molar-refractivity contribution in [2.24, 2.45) is 40.2 Å². The third kappa shape index (κ3) is 2.63. The maximum Gasteiger partial charge on any atom is 0.119 e. The van der Waals surface area contributed by atoms with Gasteiger partial charge in [0, 0.05) is 11.0 Å². The largest absolute Gasteiger partial charge is 0.508 e. The molecule has 8 rings (SSSR count). The summed E-state index contributed by atoms with van der Waals surface area (Å²) in [5, 5.41) is 15.8. The fourth-order valence-corrected chi connectivity index (χ4v) is 10.5. The lowest BCUT2D eigenvalue weighted by Crippen LogP contribution is -2.48. The summed E-state index contributed by atoms with van der Waals surface area (Å²) in [6.45, 7) is 2.46. The summed E-state index contributed by atoms with van der Waals surface area (Å²) < 4.78 is 0. The van der Waals surface area contributed by atoms with Gasteiger partial charge in [-0.3, -0.25) is 0 Å². The highest BCUT2D eigenvalue weighted by molar-refractivity contribution is 5.92. The fourth-order valence-electron chi connectivity index (χ4n) is 10.5. The number of benzene rings is 1. The number of hydrogen-bond donors (Lipinski definition) is 1. The smallest absolute Gasteiger partial charge is 0.119 e. The zero-order valence-electron chi connectivity index (χ0n) is 19.9. The third-order valence-corrected chi connectivity index (χ3v) is 11.4. The standard InChI is InChI=1S/C29H39NO2/c1-28-8-7-21-22(24(28)5-6-27(28)30-32-2)4-3-20-12-26(31)25(13-23(20)21)29-14-17-9-18(15-29)11-19(10-17)16-29/h12-13,17-19,21-22,24,31H,3-11,14-16H2,1-2H3/t17?,18?,19?,21?,22?,24?,28-,29?/m0/s1. The fraction of sp³-hybridized carbons (Fsp3) is 0.759. The molecule has 0 amide bonds. The Balaban J connectivity index is 1.26. The van der Waals surface area contributed by atoms with E-state index in [4.69, 9.17) is 4.84 Å². The van der Waals surface area contributed by atoms with E-state index in [0.29, 0.717) is 11.7 Å². The second-order valence-electron chi connectivity index (χ2n) is 12.9. The first-order chi connectivity index (χ1) is 15.5. The molecule has 0 saturated heterocycles. The van der Waals surface area contributed by atoms with Gasteiger partial charge in [0.15, 0.2) is 0 Å². The van der Waals surface area contributed by atoms with Gasteiger partial charge in [-0.05, 0) is 135 Å². The summed E-state index contributed by atoms with van der Waals surface area (Å²) in [6.07, 6.45) is 15.7. The van der Waals surface area contributed by atoms with Crippen molar-refractivity contribution >= 4 is 5.71 Å². The highest BCUT2D eigenvalue weighted by Gasteiger charge is 2.55. The molecule has 0 aliphatic heterocycles. The summed E-state index contributed by atoms with van der Waals surface area (Å²) in [5.74, 6) is 5.54. The quantitative estimate of drug-likeness (QED) is 0.526. The average molecular weight is 434 g/mol. The number of nitrogens with zero attached hydrogens (tertiary/aromatic N) is 1. The van der Waals surface area contributed by atoms with Gasteiger partial charge >= 0.3 is 0 Å². The minimum Gasteiger partial charge on any atom is -0.508 e. The molecular formula is C29H39NO2. The number of phenols is 1. The number of aryl methyl sites for hydroxylation is 1. The van der Waals surface area contributed by atoms with E-state index in [9.17, 15) is 5.11 Å². The summed E-state index contributed by atoms with van der Waals surface area (Å²) in [4.78, 5) is 5.24. The van der Waals surface area contributed by atoms with Crippen molar-refractivity contribution in [2.45, 2.75) is 95.3 Å². The van der Waals surface area contributed by atoms with Gasteiger partial charge in [-0.1, -0.05) is 18.1 Å². The number of phenolic OH excluding ortho intramolecular Hbond substituents is 1. The molecule has 6 fully saturated rings. The average Bonchev–Trinajstić information content (AvgIpc) is 3.08. The first kappa shape index (κ1) is 19.9. The molecule has 32 heavy (non-hydrogen) atoms. The van der Waals surface area contributed by atoms with Crippen molar-refractivity contribution in [3.63, 3.8) is 0 Å². The molecule has 4 atom stereocenters. The first-order valence-electron chi connectivity index (χ1n) is 13.5. The van der Waals surface area contributed by atoms with Crippen LogP contribution in [0.3, 0.4) is 0 Å². The normalized spacial score (nSPS) is 47.2. The highest BCUT2D eigenvalue weighted by atomic mass is 16.6. The van der Waals surface area contributed by atoms with Gasteiger partial charge in [-0.25, -0.2) is 0 Å². The Bertz CT molecular complexity index is 944. The van der Waals surface area contributed by atoms with Crippen LogP contribution in [-0.4, -0.2) is 17.9 Å². The van der Waals surface area contributed by atoms with Gasteiger partial charge in [-0.2, -0.15) is 0 Å². The monoisotopic (exact) mass is 433 g/mol. The van der Waals surface area contributed by atoms with Crippen molar-refractivity contribution in [3.05, 3.63) is 28.8 Å². The lowest BCUT2D eigenvalue weighted by atomic mass is 9.47. The van der Waals surface area contributed by atoms with Crippen molar-refractivity contribution in [1.82, 2.24) is 0 Å². The van der Waals surface area contributed by atoms with Crippen molar-refractivity contribution in [2.75, 3.05) is 7.11 Å². The van der Waals surface area contributed by atoms with Crippen LogP contribution in [0.1, 0.15) is 100 Å². The molecule has 1 aromatic rings. The van der Waals surface area contributed by atoms with Crippen LogP contribution in [0.2, 0.25) is 0 Å². The molecular weight excluding hydrogens is 394 g/mol. The Morgan fingerprint density at radius 3 is 2.38 bits per heavy atom. The lowest BCUT2D eigenvalue weighted by Gasteiger charge is -2.57. The van der Waals surface area contributed by atoms with Gasteiger partial charge < -0.3 is 9.94 Å². The summed E-state index contributed by atoms with van der Waals surface area (Å²) in [6, 6.07) is 4.76. The van der Waals surface area contributed by atoms with Gasteiger partial charge in [0.25, 0.3) is 0 Å². The van der Waals surface area contributed by atoms with Gasteiger partial charge in [0.1, 0.15) is 12.9 Å². The second kappa shape index (κ2) is 6.76. The SMILES string of the molecule is CON=C1CCC2C3CCc4cc(O)c(C56CC7CC(CC(C7)C5)C6)cc4C3CC[C@]12C. The third-order valence-electron chi connectivity index (χ3n) is 11.4. The highest BCUT2D eigenvalue weighted by Crippen LogP contribution is 2.64. The summed E-state index contributed by atoms with van der Waals surface area (Å²) >= 11 is 0. The van der Waals surface area contributed by atoms with E-state index < -0.39 is 0 Å². The molecule has 172 valence electrons. The predicted molar refractivity (Wildman–Crippen MR) is 127 cm³/mol. The molecule has 1 aromatic carbocycles. The van der Waals surface area contributed by atoms with E-state index in [-0.39, 0.29) is 10.8 Å². The van der Waals surface area contributed by atoms with Crippen LogP contribution in [0.15, 0.2) is 17.3 Å². The second-order valence-corrected chi connectivity index (χ2v) is 12.9. The molecule has 1 N–H and O–H groups in total. The molecule has 7 aliphatic rings. The Morgan fingerprint density at radius 1 is 0.969 bits per heavy atom. The van der Waals surface area contributed by atoms with Gasteiger partial charge in [0.2, 0.25) is 0 Å². The predicted octanol–water partition coefficient (Wildman–Crippen LogP) is 6.72. The van der Waals surface area contributed by atoms with Crippen LogP contribution >= 0.6 is 0 Å². The summed E-state index contributed by atoms with van der Waals surface area (Å²) in [5.41, 5.74) is 6.23. The van der Waals surface area contributed by atoms with Crippen LogP contribution in [0.4, 0.5) is 0 Å². The first-order valence-corrected chi connectivity index (χ1v) is 13.5. The molecule has 3 unspecified atom stereocenters. The number of oxime groups is 1. The van der Waals surface area contributed by atoms with Crippen molar-refractivity contribution in [3.8, 4) is 5.75 Å². The maximum absolute atomic E-state index is 11.3. The topological polar surface area (TPSA) is 41.8 Å². The molecule has 6 saturated carbocycles. The van der Waals surface area contributed by atoms with Crippen molar-refractivity contribution in [1.29, 1.82) is 0 Å². The van der Waals surface area contributed by atoms with E-state index in [1.807, 2.05) is 0 Å². The molecule has 3 heteroatoms. The Morgan fingerprint density at radius 2 is 1.69 bits per heavy atom. The molecule has 4 bridgehead atoms. The Kier molecular flexibility index (Phi) is 4.21. The van der Waals surface area contributed by atoms with E-state index in [1.165, 1.54) is 81.0 Å². The molecule has 7 aliphatic carbocycles. The number of fused-ring (bicyclic) bond motifs is 5. The number of hydrogen-bond acceptors (Lipinski definition) is 3. The minimum absolute atomic E-state index is 0.231. The molecule has 0 aromatic heterocycles. The van der Waals surface area contributed by atoms with Crippen LogP contribution < -0.4 is 0 Å². The summed E-state index contributed by atoms with van der Waals surface area (Å²) in [7, 11) is 1.70. The van der Waals surface area contributed by atoms with Crippen LogP contribution in [0.5, 0.6) is 5.75 Å². The minimum atomic E-state index is 0.231. The zero-order chi connectivity index (χ0) is 21.7. The van der Waals surface area contributed by atoms with Gasteiger partial charge in [0.05, 0.1) is 5.71 Å². The molecule has 0 radical (unpaired) electrons. The van der Waals surface area contributed by atoms with Gasteiger partial charge in [-0.15, -0.1) is 0 Å². The Labute approximate surface area is 193 Å². The lowest BCUT2D eigenvalue weighted by molar-refractivity contribution is -0.00628. The van der Waals surface area contributed by atoms with Crippen LogP contribution in [0.25, 0.3) is 0 Å². The van der Waals surface area contributed by atoms with E-state index in [0.717, 1.165) is 42.4 Å². The Hall–Kier alpha value is -1.51. The van der Waals surface area contributed by atoms with Crippen LogP contribution in [0, 0.1) is 35.0 Å². The number of rotatable bonds is 2. The molecule has 0 spiro atoms. The van der Waals surface area contributed by atoms with E-state index >= 15 is 0 Å². The van der Waals surface area contributed by atoms with E-state index in [1.54, 1.807) is 12.7 Å². The van der Waals surface area contributed by atoms with Crippen LogP contribution in [-0.2, 0) is 16.7 Å². The van der Waals surface area contributed by atoms with E-state index in [2.05, 4.69) is 24.2 Å². The number of aromatic hydroxyl groups is 1. The van der Waals surface area contributed by atoms with Crippen molar-refractivity contribution < 1.29 is 9.94 Å². The maximum atomic E-state index is 11.3. The zero-order valence-corrected chi connectivity index (χ0v) is 19.9. The molecule has 3 nitrogen and oxygen atoms in total.